The number of pyridine rings is 1. The minimum Gasteiger partial charge on any atom is -0.352 e. The van der Waals surface area contributed by atoms with Gasteiger partial charge in [-0.05, 0) is 75.7 Å². The standard InChI is InChI=1S/C23H26N6O2S/c1-26(2)14-6-16-28-22(21(25-23(28)32)19-7-3-4-13-24-19)20-8-5-15-27(20)17-9-11-18(12-10-17)29(30)31/h3-5,7-13,15,21-22H,6,14,16H2,1-2H3,(H,25,32)/t21-,22-/m0/s1. The van der Waals surface area contributed by atoms with Gasteiger partial charge in [-0.3, -0.25) is 15.1 Å². The molecule has 0 aliphatic carbocycles. The lowest BCUT2D eigenvalue weighted by molar-refractivity contribution is -0.384. The minimum absolute atomic E-state index is 0.0650. The van der Waals surface area contributed by atoms with Gasteiger partial charge in [-0.1, -0.05) is 6.07 Å². The SMILES string of the molecule is CN(C)CCCN1C(=S)N[C@@H](c2ccccn2)[C@@H]1c1cccn1-c1ccc([N+](=O)[O-])cc1. The highest BCUT2D eigenvalue weighted by Gasteiger charge is 2.40. The molecule has 0 amide bonds. The molecule has 166 valence electrons. The van der Waals surface area contributed by atoms with Crippen molar-refractivity contribution in [3.63, 3.8) is 0 Å². The van der Waals surface area contributed by atoms with Crippen LogP contribution >= 0.6 is 12.2 Å². The molecule has 1 aromatic carbocycles. The summed E-state index contributed by atoms with van der Waals surface area (Å²) >= 11 is 5.74. The molecule has 2 atom stereocenters. The van der Waals surface area contributed by atoms with Gasteiger partial charge in [-0.2, -0.15) is 0 Å². The van der Waals surface area contributed by atoms with E-state index < -0.39 is 0 Å². The van der Waals surface area contributed by atoms with E-state index in [4.69, 9.17) is 12.2 Å². The van der Waals surface area contributed by atoms with Crippen molar-refractivity contribution in [2.45, 2.75) is 18.5 Å². The maximum absolute atomic E-state index is 11.1. The molecule has 2 aromatic heterocycles. The summed E-state index contributed by atoms with van der Waals surface area (Å²) in [5.74, 6) is 0. The number of nitro groups is 1. The number of aromatic nitrogens is 2. The second-order valence-corrected chi connectivity index (χ2v) is 8.44. The Balaban J connectivity index is 1.72. The van der Waals surface area contributed by atoms with E-state index in [-0.39, 0.29) is 22.7 Å². The second kappa shape index (κ2) is 9.46. The number of hydrogen-bond donors (Lipinski definition) is 1. The zero-order chi connectivity index (χ0) is 22.7. The molecule has 0 spiro atoms. The predicted molar refractivity (Wildman–Crippen MR) is 128 cm³/mol. The van der Waals surface area contributed by atoms with Gasteiger partial charge in [0.05, 0.1) is 22.7 Å². The van der Waals surface area contributed by atoms with E-state index in [0.29, 0.717) is 5.11 Å². The number of non-ortho nitro benzene ring substituents is 1. The quantitative estimate of drug-likeness (QED) is 0.318. The van der Waals surface area contributed by atoms with Crippen LogP contribution in [0.5, 0.6) is 0 Å². The van der Waals surface area contributed by atoms with Crippen LogP contribution in [0.25, 0.3) is 5.69 Å². The summed E-state index contributed by atoms with van der Waals surface area (Å²) in [5.41, 5.74) is 2.90. The van der Waals surface area contributed by atoms with Crippen LogP contribution in [0.1, 0.15) is 29.9 Å². The van der Waals surface area contributed by atoms with Crippen molar-refractivity contribution in [2.24, 2.45) is 0 Å². The molecule has 4 rings (SSSR count). The molecule has 1 fully saturated rings. The van der Waals surface area contributed by atoms with E-state index in [1.165, 1.54) is 12.1 Å². The Morgan fingerprint density at radius 1 is 1.16 bits per heavy atom. The van der Waals surface area contributed by atoms with Crippen LogP contribution in [0.15, 0.2) is 67.0 Å². The molecule has 0 radical (unpaired) electrons. The Kier molecular flexibility index (Phi) is 6.48. The highest BCUT2D eigenvalue weighted by atomic mass is 32.1. The number of nitrogens with zero attached hydrogens (tertiary/aromatic N) is 5. The summed E-state index contributed by atoms with van der Waals surface area (Å²) in [7, 11) is 4.13. The smallest absolute Gasteiger partial charge is 0.269 e. The molecule has 0 saturated carbocycles. The zero-order valence-corrected chi connectivity index (χ0v) is 18.9. The van der Waals surface area contributed by atoms with Crippen LogP contribution in [-0.2, 0) is 0 Å². The van der Waals surface area contributed by atoms with E-state index in [1.807, 2.05) is 30.5 Å². The monoisotopic (exact) mass is 450 g/mol. The third-order valence-electron chi connectivity index (χ3n) is 5.62. The number of thiocarbonyl (C=S) groups is 1. The third kappa shape index (κ3) is 4.49. The number of hydrogen-bond acceptors (Lipinski definition) is 5. The lowest BCUT2D eigenvalue weighted by Gasteiger charge is -2.29. The van der Waals surface area contributed by atoms with Crippen molar-refractivity contribution >= 4 is 23.0 Å². The molecule has 0 unspecified atom stereocenters. The normalized spacial score (nSPS) is 18.2. The summed E-state index contributed by atoms with van der Waals surface area (Å²) in [6.07, 6.45) is 4.74. The van der Waals surface area contributed by atoms with Crippen LogP contribution in [0.4, 0.5) is 5.69 Å². The maximum atomic E-state index is 11.1. The van der Waals surface area contributed by atoms with Crippen LogP contribution in [-0.4, -0.2) is 56.6 Å². The number of benzene rings is 1. The van der Waals surface area contributed by atoms with Gasteiger partial charge < -0.3 is 19.7 Å². The van der Waals surface area contributed by atoms with Crippen molar-refractivity contribution in [3.05, 3.63) is 88.5 Å². The molecule has 1 saturated heterocycles. The van der Waals surface area contributed by atoms with Gasteiger partial charge in [-0.15, -0.1) is 0 Å². The second-order valence-electron chi connectivity index (χ2n) is 8.05. The van der Waals surface area contributed by atoms with Gasteiger partial charge in [0.15, 0.2) is 5.11 Å². The first kappa shape index (κ1) is 21.9. The molecular formula is C23H26N6O2S. The fraction of sp³-hybridized carbons (Fsp3) is 0.304. The minimum atomic E-state index is -0.386. The highest BCUT2D eigenvalue weighted by molar-refractivity contribution is 7.80. The first-order chi connectivity index (χ1) is 15.5. The van der Waals surface area contributed by atoms with Crippen LogP contribution in [0.3, 0.4) is 0 Å². The molecule has 32 heavy (non-hydrogen) atoms. The molecule has 1 aliphatic rings. The summed E-state index contributed by atoms with van der Waals surface area (Å²) in [6.45, 7) is 1.77. The van der Waals surface area contributed by atoms with Gasteiger partial charge >= 0.3 is 0 Å². The molecule has 9 heteroatoms. The summed E-state index contributed by atoms with van der Waals surface area (Å²) in [5, 5.41) is 15.2. The van der Waals surface area contributed by atoms with Gasteiger partial charge in [0, 0.05) is 42.5 Å². The van der Waals surface area contributed by atoms with Gasteiger partial charge in [0.2, 0.25) is 0 Å². The Morgan fingerprint density at radius 3 is 2.59 bits per heavy atom. The summed E-state index contributed by atoms with van der Waals surface area (Å²) in [4.78, 5) is 19.7. The largest absolute Gasteiger partial charge is 0.352 e. The van der Waals surface area contributed by atoms with Gasteiger partial charge in [0.1, 0.15) is 0 Å². The predicted octanol–water partition coefficient (Wildman–Crippen LogP) is 3.70. The molecule has 1 N–H and O–H groups in total. The average Bonchev–Trinajstić information content (AvgIpc) is 3.39. The van der Waals surface area contributed by atoms with E-state index in [9.17, 15) is 10.1 Å². The Labute approximate surface area is 192 Å². The lowest BCUT2D eigenvalue weighted by atomic mass is 10.0. The summed E-state index contributed by atoms with van der Waals surface area (Å²) in [6, 6.07) is 16.4. The van der Waals surface area contributed by atoms with Gasteiger partial charge in [0.25, 0.3) is 5.69 Å². The number of rotatable bonds is 8. The lowest BCUT2D eigenvalue weighted by Crippen LogP contribution is -2.32. The topological polar surface area (TPSA) is 79.5 Å². The number of nitrogens with one attached hydrogen (secondary N) is 1. The van der Waals surface area contributed by atoms with E-state index in [0.717, 1.165) is 36.6 Å². The van der Waals surface area contributed by atoms with Crippen molar-refractivity contribution < 1.29 is 4.92 Å². The highest BCUT2D eigenvalue weighted by Crippen LogP contribution is 2.39. The van der Waals surface area contributed by atoms with Crippen molar-refractivity contribution in [2.75, 3.05) is 27.2 Å². The third-order valence-corrected chi connectivity index (χ3v) is 5.98. The van der Waals surface area contributed by atoms with Crippen LogP contribution in [0, 0.1) is 10.1 Å². The Hall–Kier alpha value is -3.30. The summed E-state index contributed by atoms with van der Waals surface area (Å²) < 4.78 is 2.07. The maximum Gasteiger partial charge on any atom is 0.269 e. The Bertz CT molecular complexity index is 1080. The molecule has 0 bridgehead atoms. The molecular weight excluding hydrogens is 424 g/mol. The van der Waals surface area contributed by atoms with Crippen LogP contribution < -0.4 is 5.32 Å². The van der Waals surface area contributed by atoms with E-state index >= 15 is 0 Å². The fourth-order valence-corrected chi connectivity index (χ4v) is 4.46. The fourth-order valence-electron chi connectivity index (χ4n) is 4.13. The first-order valence-corrected chi connectivity index (χ1v) is 10.9. The molecule has 1 aliphatic heterocycles. The van der Waals surface area contributed by atoms with E-state index in [2.05, 4.69) is 44.8 Å². The zero-order valence-electron chi connectivity index (χ0n) is 18.1. The number of nitro benzene ring substituents is 1. The molecule has 8 nitrogen and oxygen atoms in total. The van der Waals surface area contributed by atoms with E-state index in [1.54, 1.807) is 18.3 Å². The Morgan fingerprint density at radius 2 is 1.94 bits per heavy atom. The van der Waals surface area contributed by atoms with Crippen molar-refractivity contribution in [1.82, 2.24) is 24.7 Å². The molecule has 3 heterocycles. The first-order valence-electron chi connectivity index (χ1n) is 10.5. The average molecular weight is 451 g/mol. The van der Waals surface area contributed by atoms with Crippen molar-refractivity contribution in [1.29, 1.82) is 0 Å². The molecule has 3 aromatic rings. The van der Waals surface area contributed by atoms with Crippen molar-refractivity contribution in [3.8, 4) is 5.69 Å². The van der Waals surface area contributed by atoms with Crippen LogP contribution in [0.2, 0.25) is 0 Å². The van der Waals surface area contributed by atoms with Gasteiger partial charge in [-0.25, -0.2) is 0 Å².